The molecule has 0 radical (unpaired) electrons. The minimum absolute atomic E-state index is 0.161. The normalized spacial score (nSPS) is 9.77. The number of ether oxygens (including phenoxy) is 1. The zero-order valence-corrected chi connectivity index (χ0v) is 11.6. The number of nitrogens with one attached hydrogen (secondary N) is 1. The van der Waals surface area contributed by atoms with E-state index in [1.54, 1.807) is 12.1 Å². The van der Waals surface area contributed by atoms with Crippen LogP contribution in [-0.2, 0) is 0 Å². The Morgan fingerprint density at radius 2 is 1.55 bits per heavy atom. The molecule has 3 rings (SSSR count). The van der Waals surface area contributed by atoms with Crippen molar-refractivity contribution in [2.75, 3.05) is 5.32 Å². The van der Waals surface area contributed by atoms with Crippen LogP contribution in [0.1, 0.15) is 5.69 Å². The molecular weight excluding hydrogens is 276 g/mol. The van der Waals surface area contributed by atoms with Crippen LogP contribution in [0.5, 0.6) is 11.6 Å². The van der Waals surface area contributed by atoms with E-state index in [1.807, 2.05) is 48.5 Å². The third-order valence-electron chi connectivity index (χ3n) is 2.90. The number of anilines is 2. The van der Waals surface area contributed by atoms with E-state index in [9.17, 15) is 0 Å². The minimum Gasteiger partial charge on any atom is -0.436 e. The third kappa shape index (κ3) is 3.19. The quantitative estimate of drug-likeness (QED) is 0.788. The van der Waals surface area contributed by atoms with E-state index in [-0.39, 0.29) is 11.6 Å². The van der Waals surface area contributed by atoms with Crippen LogP contribution in [0.2, 0.25) is 0 Å². The second-order valence-electron chi connectivity index (χ2n) is 4.44. The van der Waals surface area contributed by atoms with Gasteiger partial charge in [-0.15, -0.1) is 0 Å². The van der Waals surface area contributed by atoms with Crippen LogP contribution in [0, 0.1) is 11.3 Å². The molecule has 106 valence electrons. The molecule has 22 heavy (non-hydrogen) atoms. The fraction of sp³-hybridized carbons (Fsp3) is 0. The lowest BCUT2D eigenvalue weighted by Crippen LogP contribution is -1.94. The van der Waals surface area contributed by atoms with Gasteiger partial charge in [-0.1, -0.05) is 18.2 Å². The summed E-state index contributed by atoms with van der Waals surface area (Å²) in [4.78, 5) is 7.92. The first-order valence-corrected chi connectivity index (χ1v) is 6.66. The van der Waals surface area contributed by atoms with Gasteiger partial charge >= 0.3 is 0 Å². The molecule has 1 N–H and O–H groups in total. The maximum absolute atomic E-state index is 8.96. The molecule has 0 atom stereocenters. The van der Waals surface area contributed by atoms with Crippen molar-refractivity contribution in [3.63, 3.8) is 0 Å². The van der Waals surface area contributed by atoms with Gasteiger partial charge in [-0.3, -0.25) is 0 Å². The Kier molecular flexibility index (Phi) is 3.94. The highest BCUT2D eigenvalue weighted by molar-refractivity contribution is 5.60. The minimum atomic E-state index is 0.161. The number of aromatic nitrogens is 2. The summed E-state index contributed by atoms with van der Waals surface area (Å²) < 4.78 is 5.58. The molecule has 0 aliphatic carbocycles. The van der Waals surface area contributed by atoms with Crippen LogP contribution in [0.15, 0.2) is 67.0 Å². The van der Waals surface area contributed by atoms with Crippen molar-refractivity contribution < 1.29 is 4.74 Å². The highest BCUT2D eigenvalue weighted by Crippen LogP contribution is 2.24. The van der Waals surface area contributed by atoms with Crippen LogP contribution in [0.25, 0.3) is 0 Å². The summed E-state index contributed by atoms with van der Waals surface area (Å²) in [6.07, 6.45) is 2.94. The molecule has 0 amide bonds. The van der Waals surface area contributed by atoms with Gasteiger partial charge in [0, 0.05) is 23.8 Å². The van der Waals surface area contributed by atoms with E-state index in [0.29, 0.717) is 5.75 Å². The third-order valence-corrected chi connectivity index (χ3v) is 2.90. The van der Waals surface area contributed by atoms with Gasteiger partial charge in [-0.25, -0.2) is 9.97 Å². The second-order valence-corrected chi connectivity index (χ2v) is 4.44. The Morgan fingerprint density at radius 1 is 0.864 bits per heavy atom. The van der Waals surface area contributed by atoms with Crippen LogP contribution in [0.4, 0.5) is 11.4 Å². The van der Waals surface area contributed by atoms with Crippen LogP contribution >= 0.6 is 0 Å². The zero-order chi connectivity index (χ0) is 15.2. The maximum atomic E-state index is 8.96. The van der Waals surface area contributed by atoms with E-state index in [0.717, 1.165) is 11.4 Å². The molecule has 2 aromatic carbocycles. The van der Waals surface area contributed by atoms with Crippen molar-refractivity contribution in [1.82, 2.24) is 9.97 Å². The SMILES string of the molecule is N#Cc1nccnc1Oc1ccc(Nc2ccccc2)cc1. The summed E-state index contributed by atoms with van der Waals surface area (Å²) in [7, 11) is 0. The van der Waals surface area contributed by atoms with E-state index in [1.165, 1.54) is 12.4 Å². The molecule has 5 heteroatoms. The van der Waals surface area contributed by atoms with Crippen LogP contribution in [-0.4, -0.2) is 9.97 Å². The molecule has 0 saturated carbocycles. The number of benzene rings is 2. The number of para-hydroxylation sites is 1. The molecule has 0 spiro atoms. The lowest BCUT2D eigenvalue weighted by atomic mass is 10.2. The summed E-state index contributed by atoms with van der Waals surface area (Å²) in [6.45, 7) is 0. The second kappa shape index (κ2) is 6.37. The lowest BCUT2D eigenvalue weighted by Gasteiger charge is -2.08. The molecule has 0 fully saturated rings. The number of hydrogen-bond acceptors (Lipinski definition) is 5. The highest BCUT2D eigenvalue weighted by Gasteiger charge is 2.06. The summed E-state index contributed by atoms with van der Waals surface area (Å²) in [5, 5.41) is 12.2. The summed E-state index contributed by atoms with van der Waals surface area (Å²) in [5.41, 5.74) is 2.11. The molecule has 3 aromatic rings. The van der Waals surface area contributed by atoms with Gasteiger partial charge in [-0.05, 0) is 36.4 Å². The van der Waals surface area contributed by atoms with Gasteiger partial charge in [0.2, 0.25) is 5.69 Å². The first-order valence-electron chi connectivity index (χ1n) is 6.66. The Labute approximate surface area is 127 Å². The molecule has 0 bridgehead atoms. The molecule has 0 aliphatic rings. The Hall–Kier alpha value is -3.39. The van der Waals surface area contributed by atoms with Crippen molar-refractivity contribution >= 4 is 11.4 Å². The first-order chi connectivity index (χ1) is 10.8. The topological polar surface area (TPSA) is 70.8 Å². The van der Waals surface area contributed by atoms with Gasteiger partial charge in [0.25, 0.3) is 5.88 Å². The van der Waals surface area contributed by atoms with Crippen molar-refractivity contribution in [2.45, 2.75) is 0 Å². The van der Waals surface area contributed by atoms with Crippen LogP contribution in [0.3, 0.4) is 0 Å². The Morgan fingerprint density at radius 3 is 2.27 bits per heavy atom. The molecule has 1 aromatic heterocycles. The van der Waals surface area contributed by atoms with Gasteiger partial charge in [0.1, 0.15) is 11.8 Å². The highest BCUT2D eigenvalue weighted by atomic mass is 16.5. The molecular formula is C17H12N4O. The smallest absolute Gasteiger partial charge is 0.256 e. The summed E-state index contributed by atoms with van der Waals surface area (Å²) >= 11 is 0. The van der Waals surface area contributed by atoms with Crippen molar-refractivity contribution in [3.8, 4) is 17.7 Å². The average Bonchev–Trinajstić information content (AvgIpc) is 2.58. The predicted octanol–water partition coefficient (Wildman–Crippen LogP) is 3.88. The molecule has 0 aliphatic heterocycles. The molecule has 5 nitrogen and oxygen atoms in total. The van der Waals surface area contributed by atoms with Gasteiger partial charge < -0.3 is 10.1 Å². The Balaban J connectivity index is 1.73. The van der Waals surface area contributed by atoms with Gasteiger partial charge in [-0.2, -0.15) is 5.26 Å². The molecule has 1 heterocycles. The van der Waals surface area contributed by atoms with E-state index < -0.39 is 0 Å². The fourth-order valence-electron chi connectivity index (χ4n) is 1.88. The first kappa shape index (κ1) is 13.6. The largest absolute Gasteiger partial charge is 0.436 e. The van der Waals surface area contributed by atoms with Crippen molar-refractivity contribution in [1.29, 1.82) is 5.26 Å². The average molecular weight is 288 g/mol. The summed E-state index contributed by atoms with van der Waals surface area (Å²) in [5.74, 6) is 0.796. The van der Waals surface area contributed by atoms with Crippen LogP contribution < -0.4 is 10.1 Å². The number of rotatable bonds is 4. The standard InChI is InChI=1S/C17H12N4O/c18-12-16-17(20-11-10-19-16)22-15-8-6-14(7-9-15)21-13-4-2-1-3-5-13/h1-11,21H. The number of nitriles is 1. The maximum Gasteiger partial charge on any atom is 0.256 e. The Bertz CT molecular complexity index is 795. The number of nitrogens with zero attached hydrogens (tertiary/aromatic N) is 3. The van der Waals surface area contributed by atoms with Crippen molar-refractivity contribution in [3.05, 3.63) is 72.7 Å². The molecule has 0 saturated heterocycles. The lowest BCUT2D eigenvalue weighted by molar-refractivity contribution is 0.458. The zero-order valence-electron chi connectivity index (χ0n) is 11.6. The van der Waals surface area contributed by atoms with E-state index in [2.05, 4.69) is 15.3 Å². The predicted molar refractivity (Wildman–Crippen MR) is 83.0 cm³/mol. The fourth-order valence-corrected chi connectivity index (χ4v) is 1.88. The van der Waals surface area contributed by atoms with Crippen molar-refractivity contribution in [2.24, 2.45) is 0 Å². The molecule has 0 unspecified atom stereocenters. The van der Waals surface area contributed by atoms with Gasteiger partial charge in [0.05, 0.1) is 0 Å². The summed E-state index contributed by atoms with van der Waals surface area (Å²) in [6, 6.07) is 19.2. The monoisotopic (exact) mass is 288 g/mol. The number of hydrogen-bond donors (Lipinski definition) is 1. The van der Waals surface area contributed by atoms with E-state index in [4.69, 9.17) is 10.00 Å². The van der Waals surface area contributed by atoms with Gasteiger partial charge in [0.15, 0.2) is 0 Å². The van der Waals surface area contributed by atoms with E-state index >= 15 is 0 Å².